The van der Waals surface area contributed by atoms with Crippen molar-refractivity contribution in [3.05, 3.63) is 0 Å². The molecule has 2 aliphatic heterocycles. The second-order valence-corrected chi connectivity index (χ2v) is 8.11. The Kier molecular flexibility index (Phi) is 4.71. The molecule has 1 radical (unpaired) electrons. The number of aliphatic hydroxyl groups is 1. The zero-order valence-corrected chi connectivity index (χ0v) is 14.9. The molecule has 2 rings (SSSR count). The Morgan fingerprint density at radius 1 is 1.14 bits per heavy atom. The van der Waals surface area contributed by atoms with Gasteiger partial charge in [-0.05, 0) is 26.7 Å². The molecule has 5 nitrogen and oxygen atoms in total. The van der Waals surface area contributed by atoms with Crippen LogP contribution in [0.5, 0.6) is 0 Å². The van der Waals surface area contributed by atoms with Crippen LogP contribution in [0.1, 0.15) is 60.8 Å². The molecule has 2 fully saturated rings. The van der Waals surface area contributed by atoms with Gasteiger partial charge in [0.25, 0.3) is 0 Å². The van der Waals surface area contributed by atoms with Crippen molar-refractivity contribution < 1.29 is 19.8 Å². The van der Waals surface area contributed by atoms with E-state index in [1.54, 1.807) is 0 Å². The van der Waals surface area contributed by atoms with Crippen LogP contribution in [-0.4, -0.2) is 46.9 Å². The molecule has 3 unspecified atom stereocenters. The minimum absolute atomic E-state index is 0.0367. The van der Waals surface area contributed by atoms with Gasteiger partial charge in [-0.25, -0.2) is 0 Å². The standard InChI is InChI=1S/C17H32NO4/c1-7-15(5)9-17(13(3)16(6,8-2)18(15)20)21-11-14(4,10-19)12-22-17/h13,19H,7-12H2,1-6H3. The molecule has 129 valence electrons. The van der Waals surface area contributed by atoms with Crippen molar-refractivity contribution in [1.29, 1.82) is 0 Å². The first kappa shape index (κ1) is 18.1. The third-order valence-electron chi connectivity index (χ3n) is 6.36. The summed E-state index contributed by atoms with van der Waals surface area (Å²) in [4.78, 5) is 0. The fourth-order valence-electron chi connectivity index (χ4n) is 3.86. The normalized spacial score (nSPS) is 50.5. The highest BCUT2D eigenvalue weighted by Gasteiger charge is 2.63. The Balaban J connectivity index is 2.36. The molecular formula is C17H32NO4. The Morgan fingerprint density at radius 3 is 2.09 bits per heavy atom. The molecule has 2 aliphatic rings. The second-order valence-electron chi connectivity index (χ2n) is 8.11. The number of ether oxygens (including phenoxy) is 2. The van der Waals surface area contributed by atoms with Gasteiger partial charge in [0.2, 0.25) is 0 Å². The highest BCUT2D eigenvalue weighted by atomic mass is 16.7. The first-order valence-corrected chi connectivity index (χ1v) is 8.48. The maximum absolute atomic E-state index is 13.0. The van der Waals surface area contributed by atoms with Gasteiger partial charge in [0.1, 0.15) is 0 Å². The van der Waals surface area contributed by atoms with Crippen molar-refractivity contribution in [1.82, 2.24) is 5.06 Å². The molecule has 2 heterocycles. The van der Waals surface area contributed by atoms with E-state index in [0.29, 0.717) is 19.6 Å². The summed E-state index contributed by atoms with van der Waals surface area (Å²) in [7, 11) is 0. The van der Waals surface area contributed by atoms with E-state index >= 15 is 0 Å². The van der Waals surface area contributed by atoms with Crippen LogP contribution in [0.15, 0.2) is 0 Å². The van der Waals surface area contributed by atoms with Crippen LogP contribution in [-0.2, 0) is 14.7 Å². The molecule has 0 amide bonds. The number of aliphatic hydroxyl groups excluding tert-OH is 1. The predicted octanol–water partition coefficient (Wildman–Crippen LogP) is 2.75. The van der Waals surface area contributed by atoms with E-state index in [0.717, 1.165) is 12.8 Å². The predicted molar refractivity (Wildman–Crippen MR) is 83.5 cm³/mol. The summed E-state index contributed by atoms with van der Waals surface area (Å²) in [5.74, 6) is -0.768. The average molecular weight is 314 g/mol. The maximum Gasteiger partial charge on any atom is 0.174 e. The number of rotatable bonds is 3. The number of hydroxylamine groups is 2. The molecule has 22 heavy (non-hydrogen) atoms. The second kappa shape index (κ2) is 5.71. The SMILES string of the molecule is CCC1(C)CC2(OCC(C)(CO)CO2)C(C)C(C)(CC)N1[O]. The Labute approximate surface area is 134 Å². The van der Waals surface area contributed by atoms with E-state index < -0.39 is 16.9 Å². The minimum Gasteiger partial charge on any atom is -0.396 e. The molecule has 0 bridgehead atoms. The maximum atomic E-state index is 13.0. The van der Waals surface area contributed by atoms with Crippen molar-refractivity contribution in [3.8, 4) is 0 Å². The third kappa shape index (κ3) is 2.51. The van der Waals surface area contributed by atoms with Gasteiger partial charge in [0.05, 0.1) is 30.9 Å². The highest BCUT2D eigenvalue weighted by molar-refractivity contribution is 5.08. The van der Waals surface area contributed by atoms with Crippen LogP contribution in [0.3, 0.4) is 0 Å². The number of nitrogens with zero attached hydrogens (tertiary/aromatic N) is 1. The summed E-state index contributed by atoms with van der Waals surface area (Å²) in [6.45, 7) is 13.1. The summed E-state index contributed by atoms with van der Waals surface area (Å²) in [5, 5.41) is 23.8. The smallest absolute Gasteiger partial charge is 0.174 e. The van der Waals surface area contributed by atoms with Crippen LogP contribution in [0, 0.1) is 11.3 Å². The Bertz CT molecular complexity index is 407. The van der Waals surface area contributed by atoms with Crippen LogP contribution >= 0.6 is 0 Å². The average Bonchev–Trinajstić information content (AvgIpc) is 2.54. The molecule has 5 heteroatoms. The highest BCUT2D eigenvalue weighted by Crippen LogP contribution is 2.53. The molecule has 0 aromatic rings. The number of hydrogen-bond donors (Lipinski definition) is 1. The van der Waals surface area contributed by atoms with Gasteiger partial charge in [-0.15, -0.1) is 10.3 Å². The van der Waals surface area contributed by atoms with E-state index in [4.69, 9.17) is 9.47 Å². The Morgan fingerprint density at radius 2 is 1.68 bits per heavy atom. The zero-order chi connectivity index (χ0) is 16.8. The van der Waals surface area contributed by atoms with Gasteiger partial charge in [-0.2, -0.15) is 0 Å². The quantitative estimate of drug-likeness (QED) is 0.870. The lowest BCUT2D eigenvalue weighted by atomic mass is 9.67. The van der Waals surface area contributed by atoms with E-state index in [1.165, 1.54) is 5.06 Å². The van der Waals surface area contributed by atoms with Crippen LogP contribution < -0.4 is 0 Å². The first-order chi connectivity index (χ1) is 10.1. The molecule has 1 N–H and O–H groups in total. The summed E-state index contributed by atoms with van der Waals surface area (Å²) >= 11 is 0. The van der Waals surface area contributed by atoms with Gasteiger partial charge in [0, 0.05) is 17.8 Å². The van der Waals surface area contributed by atoms with Crippen molar-refractivity contribution >= 4 is 0 Å². The first-order valence-electron chi connectivity index (χ1n) is 8.48. The van der Waals surface area contributed by atoms with E-state index in [2.05, 4.69) is 13.8 Å². The summed E-state index contributed by atoms with van der Waals surface area (Å²) < 4.78 is 12.4. The van der Waals surface area contributed by atoms with E-state index in [9.17, 15) is 10.3 Å². The Hall–Kier alpha value is -0.200. The topological polar surface area (TPSA) is 61.8 Å². The van der Waals surface area contributed by atoms with E-state index in [1.807, 2.05) is 27.7 Å². The van der Waals surface area contributed by atoms with Crippen molar-refractivity contribution in [3.63, 3.8) is 0 Å². The van der Waals surface area contributed by atoms with E-state index in [-0.39, 0.29) is 17.9 Å². The molecule has 1 spiro atoms. The fraction of sp³-hybridized carbons (Fsp3) is 1.00. The number of hydrogen-bond acceptors (Lipinski definition) is 4. The molecule has 2 saturated heterocycles. The summed E-state index contributed by atoms with van der Waals surface area (Å²) in [6, 6.07) is 0. The lowest BCUT2D eigenvalue weighted by Gasteiger charge is -2.62. The summed E-state index contributed by atoms with van der Waals surface area (Å²) in [6.07, 6.45) is 2.07. The lowest BCUT2D eigenvalue weighted by molar-refractivity contribution is -0.414. The van der Waals surface area contributed by atoms with Gasteiger partial charge in [-0.1, -0.05) is 27.7 Å². The van der Waals surface area contributed by atoms with Crippen LogP contribution in [0.4, 0.5) is 0 Å². The fourth-order valence-corrected chi connectivity index (χ4v) is 3.86. The third-order valence-corrected chi connectivity index (χ3v) is 6.36. The van der Waals surface area contributed by atoms with Crippen LogP contribution in [0.25, 0.3) is 0 Å². The lowest BCUT2D eigenvalue weighted by Crippen LogP contribution is -2.72. The molecule has 0 aromatic heterocycles. The molecule has 0 aromatic carbocycles. The number of piperidine rings is 1. The molecule has 0 saturated carbocycles. The van der Waals surface area contributed by atoms with Gasteiger partial charge in [-0.3, -0.25) is 0 Å². The van der Waals surface area contributed by atoms with Gasteiger partial charge in [0.15, 0.2) is 5.79 Å². The summed E-state index contributed by atoms with van der Waals surface area (Å²) in [5.41, 5.74) is -1.37. The minimum atomic E-state index is -0.731. The molecule has 3 atom stereocenters. The van der Waals surface area contributed by atoms with Gasteiger partial charge >= 0.3 is 0 Å². The van der Waals surface area contributed by atoms with Crippen molar-refractivity contribution in [2.24, 2.45) is 11.3 Å². The van der Waals surface area contributed by atoms with Crippen LogP contribution in [0.2, 0.25) is 0 Å². The monoisotopic (exact) mass is 314 g/mol. The van der Waals surface area contributed by atoms with Gasteiger partial charge < -0.3 is 14.6 Å². The zero-order valence-electron chi connectivity index (χ0n) is 14.9. The molecular weight excluding hydrogens is 282 g/mol. The van der Waals surface area contributed by atoms with Crippen molar-refractivity contribution in [2.75, 3.05) is 19.8 Å². The molecule has 0 aliphatic carbocycles. The largest absolute Gasteiger partial charge is 0.396 e. The van der Waals surface area contributed by atoms with Crippen molar-refractivity contribution in [2.45, 2.75) is 77.7 Å².